The summed E-state index contributed by atoms with van der Waals surface area (Å²) in [4.78, 5) is 15.0. The van der Waals surface area contributed by atoms with Gasteiger partial charge >= 0.3 is 5.97 Å². The third-order valence-electron chi connectivity index (χ3n) is 2.95. The van der Waals surface area contributed by atoms with Crippen LogP contribution >= 0.6 is 0 Å². The van der Waals surface area contributed by atoms with Crippen LogP contribution in [0.3, 0.4) is 0 Å². The monoisotopic (exact) mass is 223 g/mol. The Balaban J connectivity index is 1.93. The van der Waals surface area contributed by atoms with Gasteiger partial charge in [-0.1, -0.05) is 19.3 Å². The van der Waals surface area contributed by atoms with Gasteiger partial charge in [0.15, 0.2) is 5.89 Å². The molecule has 4 heteroatoms. The van der Waals surface area contributed by atoms with Crippen LogP contribution in [0.25, 0.3) is 0 Å². The third-order valence-corrected chi connectivity index (χ3v) is 2.95. The number of rotatable bonds is 3. The lowest BCUT2D eigenvalue weighted by atomic mass is 9.89. The van der Waals surface area contributed by atoms with Crippen LogP contribution in [-0.2, 0) is 16.1 Å². The fourth-order valence-electron chi connectivity index (χ4n) is 2.10. The topological polar surface area (TPSA) is 52.3 Å². The minimum atomic E-state index is -0.290. The third kappa shape index (κ3) is 2.84. The summed E-state index contributed by atoms with van der Waals surface area (Å²) in [6, 6.07) is 0. The average Bonchev–Trinajstić information content (AvgIpc) is 2.76. The van der Waals surface area contributed by atoms with Gasteiger partial charge in [-0.05, 0) is 12.8 Å². The highest BCUT2D eigenvalue weighted by atomic mass is 16.5. The summed E-state index contributed by atoms with van der Waals surface area (Å²) in [5.41, 5.74) is 0.704. The van der Waals surface area contributed by atoms with Crippen molar-refractivity contribution >= 4 is 5.97 Å². The van der Waals surface area contributed by atoms with Crippen LogP contribution in [0.15, 0.2) is 10.7 Å². The Labute approximate surface area is 95.0 Å². The predicted molar refractivity (Wildman–Crippen MR) is 57.8 cm³/mol. The highest BCUT2D eigenvalue weighted by Gasteiger charge is 2.20. The van der Waals surface area contributed by atoms with Crippen LogP contribution in [0.4, 0.5) is 0 Å². The second-order valence-electron chi connectivity index (χ2n) is 4.29. The van der Waals surface area contributed by atoms with E-state index in [1.807, 2.05) is 0 Å². The van der Waals surface area contributed by atoms with Gasteiger partial charge in [0.25, 0.3) is 0 Å². The van der Waals surface area contributed by atoms with Gasteiger partial charge in [0, 0.05) is 12.8 Å². The average molecular weight is 223 g/mol. The van der Waals surface area contributed by atoms with Crippen molar-refractivity contribution in [2.45, 2.75) is 51.6 Å². The van der Waals surface area contributed by atoms with Gasteiger partial charge in [0.1, 0.15) is 18.6 Å². The first-order valence-electron chi connectivity index (χ1n) is 5.83. The Morgan fingerprint density at radius 2 is 2.25 bits per heavy atom. The maximum atomic E-state index is 10.6. The second kappa shape index (κ2) is 5.14. The van der Waals surface area contributed by atoms with E-state index in [-0.39, 0.29) is 12.6 Å². The molecule has 0 N–H and O–H groups in total. The van der Waals surface area contributed by atoms with Crippen molar-refractivity contribution < 1.29 is 13.9 Å². The zero-order valence-corrected chi connectivity index (χ0v) is 9.57. The zero-order chi connectivity index (χ0) is 11.4. The van der Waals surface area contributed by atoms with Crippen molar-refractivity contribution in [1.82, 2.24) is 4.98 Å². The van der Waals surface area contributed by atoms with Gasteiger partial charge in [0.2, 0.25) is 0 Å². The number of hydrogen-bond acceptors (Lipinski definition) is 4. The molecule has 0 bridgehead atoms. The van der Waals surface area contributed by atoms with E-state index in [1.54, 1.807) is 6.26 Å². The van der Waals surface area contributed by atoms with E-state index in [0.717, 1.165) is 18.7 Å². The molecule has 0 amide bonds. The molecule has 0 aliphatic heterocycles. The fourth-order valence-corrected chi connectivity index (χ4v) is 2.10. The molecule has 1 aliphatic carbocycles. The van der Waals surface area contributed by atoms with E-state index >= 15 is 0 Å². The summed E-state index contributed by atoms with van der Waals surface area (Å²) in [7, 11) is 0. The Kier molecular flexibility index (Phi) is 3.59. The zero-order valence-electron chi connectivity index (χ0n) is 9.57. The number of aromatic nitrogens is 1. The van der Waals surface area contributed by atoms with E-state index < -0.39 is 0 Å². The van der Waals surface area contributed by atoms with E-state index in [4.69, 9.17) is 9.15 Å². The first-order chi connectivity index (χ1) is 7.75. The molecule has 0 atom stereocenters. The normalized spacial score (nSPS) is 17.3. The number of hydrogen-bond donors (Lipinski definition) is 0. The molecule has 1 fully saturated rings. The molecule has 4 nitrogen and oxygen atoms in total. The molecule has 1 aromatic heterocycles. The van der Waals surface area contributed by atoms with E-state index in [9.17, 15) is 4.79 Å². The quantitative estimate of drug-likeness (QED) is 0.739. The molecular formula is C12H17NO3. The van der Waals surface area contributed by atoms with Gasteiger partial charge in [0.05, 0.1) is 0 Å². The van der Waals surface area contributed by atoms with Gasteiger partial charge in [-0.2, -0.15) is 0 Å². The molecule has 0 aromatic carbocycles. The molecule has 88 valence electrons. The van der Waals surface area contributed by atoms with Crippen LogP contribution < -0.4 is 0 Å². The summed E-state index contributed by atoms with van der Waals surface area (Å²) in [6.45, 7) is 1.60. The smallest absolute Gasteiger partial charge is 0.303 e. The van der Waals surface area contributed by atoms with E-state index in [0.29, 0.717) is 11.6 Å². The van der Waals surface area contributed by atoms with Crippen LogP contribution in [0.5, 0.6) is 0 Å². The molecule has 0 saturated heterocycles. The summed E-state index contributed by atoms with van der Waals surface area (Å²) in [5, 5.41) is 0. The minimum Gasteiger partial charge on any atom is -0.459 e. The molecule has 1 aliphatic rings. The number of carbonyl (C=O) groups is 1. The lowest BCUT2D eigenvalue weighted by molar-refractivity contribution is -0.142. The van der Waals surface area contributed by atoms with Crippen LogP contribution in [-0.4, -0.2) is 11.0 Å². The molecule has 0 unspecified atom stereocenters. The fraction of sp³-hybridized carbons (Fsp3) is 0.667. The lowest BCUT2D eigenvalue weighted by Gasteiger charge is -2.17. The second-order valence-corrected chi connectivity index (χ2v) is 4.29. The Morgan fingerprint density at radius 1 is 1.50 bits per heavy atom. The maximum Gasteiger partial charge on any atom is 0.303 e. The van der Waals surface area contributed by atoms with Gasteiger partial charge in [-0.25, -0.2) is 4.98 Å². The van der Waals surface area contributed by atoms with Crippen molar-refractivity contribution in [3.63, 3.8) is 0 Å². The summed E-state index contributed by atoms with van der Waals surface area (Å²) in [5.74, 6) is 0.976. The maximum absolute atomic E-state index is 10.6. The van der Waals surface area contributed by atoms with E-state index in [1.165, 1.54) is 26.2 Å². The molecule has 1 saturated carbocycles. The molecule has 0 spiro atoms. The van der Waals surface area contributed by atoms with Gasteiger partial charge in [-0.15, -0.1) is 0 Å². The Bertz CT molecular complexity index is 353. The van der Waals surface area contributed by atoms with Gasteiger partial charge in [-0.3, -0.25) is 4.79 Å². The highest BCUT2D eigenvalue weighted by Crippen LogP contribution is 2.31. The Morgan fingerprint density at radius 3 is 2.94 bits per heavy atom. The molecular weight excluding hydrogens is 206 g/mol. The first kappa shape index (κ1) is 11.2. The summed E-state index contributed by atoms with van der Waals surface area (Å²) >= 11 is 0. The van der Waals surface area contributed by atoms with Crippen molar-refractivity contribution in [2.75, 3.05) is 0 Å². The van der Waals surface area contributed by atoms with Crippen molar-refractivity contribution in [3.05, 3.63) is 17.8 Å². The molecule has 0 radical (unpaired) electrons. The lowest BCUT2D eigenvalue weighted by Crippen LogP contribution is -2.05. The highest BCUT2D eigenvalue weighted by molar-refractivity contribution is 5.65. The molecule has 1 heterocycles. The molecule has 16 heavy (non-hydrogen) atoms. The minimum absolute atomic E-state index is 0.214. The predicted octanol–water partition coefficient (Wildman–Crippen LogP) is 2.79. The molecule has 1 aromatic rings. The van der Waals surface area contributed by atoms with Crippen LogP contribution in [0, 0.1) is 0 Å². The number of esters is 1. The van der Waals surface area contributed by atoms with Crippen molar-refractivity contribution in [3.8, 4) is 0 Å². The number of carbonyl (C=O) groups excluding carboxylic acids is 1. The first-order valence-corrected chi connectivity index (χ1v) is 5.83. The Hall–Kier alpha value is -1.32. The standard InChI is InChI=1S/C12H17NO3/c1-9(14)15-7-11-8-16-12(13-11)10-5-3-2-4-6-10/h8,10H,2-7H2,1H3. The number of ether oxygens (including phenoxy) is 1. The van der Waals surface area contributed by atoms with E-state index in [2.05, 4.69) is 4.98 Å². The molecule has 2 rings (SSSR count). The van der Waals surface area contributed by atoms with Crippen LogP contribution in [0.1, 0.15) is 56.5 Å². The van der Waals surface area contributed by atoms with Crippen molar-refractivity contribution in [1.29, 1.82) is 0 Å². The number of oxazole rings is 1. The van der Waals surface area contributed by atoms with Crippen molar-refractivity contribution in [2.24, 2.45) is 0 Å². The van der Waals surface area contributed by atoms with Crippen LogP contribution in [0.2, 0.25) is 0 Å². The number of nitrogens with zero attached hydrogens (tertiary/aromatic N) is 1. The van der Waals surface area contributed by atoms with Gasteiger partial charge < -0.3 is 9.15 Å². The summed E-state index contributed by atoms with van der Waals surface area (Å²) < 4.78 is 10.3. The SMILES string of the molecule is CC(=O)OCc1coc(C2CCCCC2)n1. The largest absolute Gasteiger partial charge is 0.459 e. The summed E-state index contributed by atoms with van der Waals surface area (Å²) in [6.07, 6.45) is 7.74.